The van der Waals surface area contributed by atoms with Crippen molar-refractivity contribution in [3.63, 3.8) is 0 Å². The van der Waals surface area contributed by atoms with Gasteiger partial charge in [-0.15, -0.1) is 0 Å². The number of hydrogen-bond donors (Lipinski definition) is 1. The minimum Gasteiger partial charge on any atom is -0.489 e. The van der Waals surface area contributed by atoms with Crippen molar-refractivity contribution < 1.29 is 4.74 Å². The van der Waals surface area contributed by atoms with Crippen molar-refractivity contribution >= 4 is 10.9 Å². The highest BCUT2D eigenvalue weighted by atomic mass is 16.5. The summed E-state index contributed by atoms with van der Waals surface area (Å²) in [5.41, 5.74) is 0.987. The summed E-state index contributed by atoms with van der Waals surface area (Å²) in [7, 11) is 0. The first kappa shape index (κ1) is 13.4. The van der Waals surface area contributed by atoms with E-state index in [1.807, 2.05) is 24.4 Å². The molecule has 2 aromatic rings. The number of hydrogen-bond acceptors (Lipinski definition) is 3. The molecule has 0 saturated heterocycles. The number of ether oxygens (including phenoxy) is 1. The molecule has 1 fully saturated rings. The van der Waals surface area contributed by atoms with Crippen LogP contribution in [0.5, 0.6) is 5.75 Å². The monoisotopic (exact) mass is 270 g/mol. The molecule has 1 saturated carbocycles. The van der Waals surface area contributed by atoms with Gasteiger partial charge in [0.2, 0.25) is 0 Å². The Morgan fingerprint density at radius 3 is 3.00 bits per heavy atom. The molecule has 1 unspecified atom stereocenters. The van der Waals surface area contributed by atoms with Crippen molar-refractivity contribution in [1.29, 1.82) is 0 Å². The summed E-state index contributed by atoms with van der Waals surface area (Å²) in [5.74, 6) is 0.900. The highest BCUT2D eigenvalue weighted by molar-refractivity contribution is 5.79. The number of benzene rings is 1. The molecule has 20 heavy (non-hydrogen) atoms. The van der Waals surface area contributed by atoms with Crippen molar-refractivity contribution in [2.24, 2.45) is 0 Å². The Labute approximate surface area is 120 Å². The minimum absolute atomic E-state index is 0.178. The Kier molecular flexibility index (Phi) is 4.16. The number of nitrogens with zero attached hydrogens (tertiary/aromatic N) is 1. The smallest absolute Gasteiger partial charge is 0.121 e. The molecule has 3 heteroatoms. The van der Waals surface area contributed by atoms with Crippen LogP contribution in [-0.4, -0.2) is 23.7 Å². The van der Waals surface area contributed by atoms with Crippen molar-refractivity contribution in [3.8, 4) is 5.75 Å². The third kappa shape index (κ3) is 3.28. The zero-order chi connectivity index (χ0) is 13.8. The summed E-state index contributed by atoms with van der Waals surface area (Å²) < 4.78 is 5.98. The standard InChI is InChI=1S/C17H22N2O/c1-13(12-19-15-6-2-3-7-15)20-16-9-8-14-5-4-10-18-17(14)11-16/h4-5,8-11,13,15,19H,2-3,6-7,12H2,1H3. The lowest BCUT2D eigenvalue weighted by Crippen LogP contribution is -2.35. The molecule has 1 heterocycles. The van der Waals surface area contributed by atoms with Crippen molar-refractivity contribution in [3.05, 3.63) is 36.5 Å². The molecule has 0 amide bonds. The van der Waals surface area contributed by atoms with Gasteiger partial charge in [0.15, 0.2) is 0 Å². The van der Waals surface area contributed by atoms with Gasteiger partial charge in [0.05, 0.1) is 5.52 Å². The van der Waals surface area contributed by atoms with E-state index in [1.54, 1.807) is 0 Å². The van der Waals surface area contributed by atoms with Crippen LogP contribution in [0.3, 0.4) is 0 Å². The zero-order valence-corrected chi connectivity index (χ0v) is 12.0. The van der Waals surface area contributed by atoms with Crippen LogP contribution in [0.25, 0.3) is 10.9 Å². The van der Waals surface area contributed by atoms with Crippen LogP contribution in [0.1, 0.15) is 32.6 Å². The van der Waals surface area contributed by atoms with Gasteiger partial charge in [-0.1, -0.05) is 18.9 Å². The Morgan fingerprint density at radius 1 is 1.30 bits per heavy atom. The topological polar surface area (TPSA) is 34.1 Å². The molecular formula is C17H22N2O. The molecule has 1 aliphatic carbocycles. The van der Waals surface area contributed by atoms with Crippen LogP contribution in [0.15, 0.2) is 36.5 Å². The van der Waals surface area contributed by atoms with E-state index in [0.29, 0.717) is 6.04 Å². The quantitative estimate of drug-likeness (QED) is 0.902. The van der Waals surface area contributed by atoms with Crippen LogP contribution in [0.2, 0.25) is 0 Å². The molecule has 1 atom stereocenters. The van der Waals surface area contributed by atoms with E-state index in [-0.39, 0.29) is 6.10 Å². The summed E-state index contributed by atoms with van der Waals surface area (Å²) in [4.78, 5) is 4.36. The van der Waals surface area contributed by atoms with E-state index in [9.17, 15) is 0 Å². The predicted octanol–water partition coefficient (Wildman–Crippen LogP) is 3.53. The number of nitrogens with one attached hydrogen (secondary N) is 1. The predicted molar refractivity (Wildman–Crippen MR) is 82.1 cm³/mol. The van der Waals surface area contributed by atoms with E-state index in [4.69, 9.17) is 4.74 Å². The van der Waals surface area contributed by atoms with Gasteiger partial charge in [0, 0.05) is 30.2 Å². The summed E-state index contributed by atoms with van der Waals surface area (Å²) in [6.07, 6.45) is 7.35. The number of aromatic nitrogens is 1. The van der Waals surface area contributed by atoms with Crippen molar-refractivity contribution in [2.45, 2.75) is 44.8 Å². The van der Waals surface area contributed by atoms with Gasteiger partial charge < -0.3 is 10.1 Å². The minimum atomic E-state index is 0.178. The molecule has 1 aromatic heterocycles. The molecule has 106 valence electrons. The van der Waals surface area contributed by atoms with Gasteiger partial charge in [-0.05, 0) is 38.0 Å². The summed E-state index contributed by atoms with van der Waals surface area (Å²) in [6, 6.07) is 10.8. The lowest BCUT2D eigenvalue weighted by atomic mass is 10.2. The molecule has 3 nitrogen and oxygen atoms in total. The molecule has 3 rings (SSSR count). The maximum atomic E-state index is 5.98. The fourth-order valence-corrected chi connectivity index (χ4v) is 2.86. The maximum Gasteiger partial charge on any atom is 0.121 e. The van der Waals surface area contributed by atoms with Gasteiger partial charge in [0.1, 0.15) is 11.9 Å². The molecule has 0 aliphatic heterocycles. The summed E-state index contributed by atoms with van der Waals surface area (Å²) >= 11 is 0. The van der Waals surface area contributed by atoms with Crippen LogP contribution >= 0.6 is 0 Å². The third-order valence-electron chi connectivity index (χ3n) is 3.96. The van der Waals surface area contributed by atoms with E-state index < -0.39 is 0 Å². The first-order valence-corrected chi connectivity index (χ1v) is 7.56. The van der Waals surface area contributed by atoms with Gasteiger partial charge in [-0.2, -0.15) is 0 Å². The highest BCUT2D eigenvalue weighted by Gasteiger charge is 2.15. The van der Waals surface area contributed by atoms with E-state index in [1.165, 1.54) is 25.7 Å². The average Bonchev–Trinajstić information content (AvgIpc) is 2.98. The fraction of sp³-hybridized carbons (Fsp3) is 0.471. The second-order valence-electron chi connectivity index (χ2n) is 5.68. The molecule has 1 aromatic carbocycles. The van der Waals surface area contributed by atoms with E-state index in [0.717, 1.165) is 23.2 Å². The molecule has 0 spiro atoms. The SMILES string of the molecule is CC(CNC1CCCC1)Oc1ccc2cccnc2c1. The average molecular weight is 270 g/mol. The number of rotatable bonds is 5. The van der Waals surface area contributed by atoms with Crippen molar-refractivity contribution in [1.82, 2.24) is 10.3 Å². The third-order valence-corrected chi connectivity index (χ3v) is 3.96. The lowest BCUT2D eigenvalue weighted by molar-refractivity contribution is 0.211. The van der Waals surface area contributed by atoms with Crippen LogP contribution in [0, 0.1) is 0 Å². The van der Waals surface area contributed by atoms with E-state index in [2.05, 4.69) is 29.4 Å². The highest BCUT2D eigenvalue weighted by Crippen LogP contribution is 2.20. The lowest BCUT2D eigenvalue weighted by Gasteiger charge is -2.18. The van der Waals surface area contributed by atoms with Gasteiger partial charge in [0.25, 0.3) is 0 Å². The van der Waals surface area contributed by atoms with Crippen molar-refractivity contribution in [2.75, 3.05) is 6.54 Å². The Balaban J connectivity index is 1.57. The second-order valence-corrected chi connectivity index (χ2v) is 5.68. The first-order valence-electron chi connectivity index (χ1n) is 7.56. The molecule has 0 radical (unpaired) electrons. The van der Waals surface area contributed by atoms with Gasteiger partial charge >= 0.3 is 0 Å². The molecule has 0 bridgehead atoms. The van der Waals surface area contributed by atoms with Crippen LogP contribution < -0.4 is 10.1 Å². The molecule has 1 N–H and O–H groups in total. The van der Waals surface area contributed by atoms with E-state index >= 15 is 0 Å². The fourth-order valence-electron chi connectivity index (χ4n) is 2.86. The van der Waals surface area contributed by atoms with Crippen LogP contribution in [0.4, 0.5) is 0 Å². The summed E-state index contributed by atoms with van der Waals surface area (Å²) in [5, 5.41) is 4.75. The second kappa shape index (κ2) is 6.23. The van der Waals surface area contributed by atoms with Gasteiger partial charge in [-0.3, -0.25) is 4.98 Å². The largest absolute Gasteiger partial charge is 0.489 e. The Morgan fingerprint density at radius 2 is 2.15 bits per heavy atom. The number of pyridine rings is 1. The van der Waals surface area contributed by atoms with Crippen LogP contribution in [-0.2, 0) is 0 Å². The molecular weight excluding hydrogens is 248 g/mol. The summed E-state index contributed by atoms with van der Waals surface area (Å²) in [6.45, 7) is 3.02. The van der Waals surface area contributed by atoms with Gasteiger partial charge in [-0.25, -0.2) is 0 Å². The Bertz CT molecular complexity index is 564. The maximum absolute atomic E-state index is 5.98. The number of fused-ring (bicyclic) bond motifs is 1. The normalized spacial score (nSPS) is 17.4. The molecule has 1 aliphatic rings. The first-order chi connectivity index (χ1) is 9.81. The Hall–Kier alpha value is -1.61. The zero-order valence-electron chi connectivity index (χ0n) is 12.0.